The van der Waals surface area contributed by atoms with Crippen LogP contribution in [0, 0.1) is 0 Å². The SMILES string of the molecule is CCCCCCCCCCCCCCOP(Oc1ccc(C2CCCCC2)cc1)Oc1ccc(C(C)(C)c2ccc(OP(OCCCCCCCCCCCCCC)Oc3ccc(C4CCCCC4)cc3)cc2)cc1. The maximum Gasteiger partial charge on any atom is 0.463 e. The third-order valence-electron chi connectivity index (χ3n) is 16.2. The summed E-state index contributed by atoms with van der Waals surface area (Å²) >= 11 is 0. The molecule has 0 radical (unpaired) electrons. The molecule has 0 heterocycles. The van der Waals surface area contributed by atoms with Gasteiger partial charge in [0.25, 0.3) is 0 Å². The van der Waals surface area contributed by atoms with E-state index in [1.54, 1.807) is 0 Å². The molecule has 2 unspecified atom stereocenters. The molecule has 2 atom stereocenters. The van der Waals surface area contributed by atoms with E-state index in [2.05, 4.69) is 125 Å². The van der Waals surface area contributed by atoms with Gasteiger partial charge in [0.2, 0.25) is 0 Å². The van der Waals surface area contributed by atoms with Gasteiger partial charge in [0.1, 0.15) is 23.0 Å². The van der Waals surface area contributed by atoms with E-state index in [9.17, 15) is 0 Å². The van der Waals surface area contributed by atoms with Gasteiger partial charge in [-0.15, -0.1) is 0 Å². The molecule has 0 N–H and O–H groups in total. The molecular formula is C67H102O6P2. The molecule has 0 amide bonds. The Kier molecular flexibility index (Phi) is 30.0. The monoisotopic (exact) mass is 1060 g/mol. The molecule has 8 heteroatoms. The zero-order valence-corrected chi connectivity index (χ0v) is 49.5. The van der Waals surface area contributed by atoms with E-state index in [0.717, 1.165) is 35.8 Å². The van der Waals surface area contributed by atoms with Crippen molar-refractivity contribution in [3.05, 3.63) is 119 Å². The van der Waals surface area contributed by atoms with E-state index in [1.165, 1.54) is 228 Å². The number of unbranched alkanes of at least 4 members (excludes halogenated alkanes) is 22. The molecule has 0 saturated heterocycles. The minimum atomic E-state index is -1.64. The normalized spacial score (nSPS) is 15.4. The van der Waals surface area contributed by atoms with E-state index >= 15 is 0 Å². The summed E-state index contributed by atoms with van der Waals surface area (Å²) in [7, 11) is -3.27. The molecule has 6 nitrogen and oxygen atoms in total. The lowest BCUT2D eigenvalue weighted by atomic mass is 9.78. The van der Waals surface area contributed by atoms with Crippen molar-refractivity contribution in [3.8, 4) is 23.0 Å². The van der Waals surface area contributed by atoms with E-state index in [-0.39, 0.29) is 5.41 Å². The summed E-state index contributed by atoms with van der Waals surface area (Å²) in [5.74, 6) is 4.42. The molecule has 0 aliphatic heterocycles. The van der Waals surface area contributed by atoms with Crippen molar-refractivity contribution in [1.29, 1.82) is 0 Å². The van der Waals surface area contributed by atoms with Gasteiger partial charge in [-0.3, -0.25) is 9.05 Å². The molecule has 0 bridgehead atoms. The highest BCUT2D eigenvalue weighted by atomic mass is 31.2. The van der Waals surface area contributed by atoms with Crippen LogP contribution in [0.1, 0.15) is 280 Å². The van der Waals surface area contributed by atoms with Crippen LogP contribution in [-0.4, -0.2) is 13.2 Å². The Morgan fingerprint density at radius 2 is 0.587 bits per heavy atom. The average molecular weight is 1070 g/mol. The summed E-state index contributed by atoms with van der Waals surface area (Å²) in [5.41, 5.74) is 4.96. The fourth-order valence-corrected chi connectivity index (χ4v) is 13.2. The largest absolute Gasteiger partial charge is 0.463 e. The van der Waals surface area contributed by atoms with Crippen LogP contribution in [0.3, 0.4) is 0 Å². The number of hydrogen-bond acceptors (Lipinski definition) is 6. The van der Waals surface area contributed by atoms with Crippen LogP contribution in [0.15, 0.2) is 97.1 Å². The molecule has 6 rings (SSSR count). The fourth-order valence-electron chi connectivity index (χ4n) is 11.2. The minimum Gasteiger partial charge on any atom is -0.418 e. The van der Waals surface area contributed by atoms with Gasteiger partial charge >= 0.3 is 17.2 Å². The Labute approximate surface area is 460 Å². The highest BCUT2D eigenvalue weighted by Crippen LogP contribution is 2.45. The van der Waals surface area contributed by atoms with E-state index in [4.69, 9.17) is 27.1 Å². The van der Waals surface area contributed by atoms with Gasteiger partial charge in [-0.1, -0.05) is 256 Å². The van der Waals surface area contributed by atoms with Crippen molar-refractivity contribution in [1.82, 2.24) is 0 Å². The van der Waals surface area contributed by atoms with Gasteiger partial charge < -0.3 is 18.1 Å². The molecule has 0 spiro atoms. The van der Waals surface area contributed by atoms with Crippen LogP contribution in [0.2, 0.25) is 0 Å². The first-order valence-corrected chi connectivity index (χ1v) is 33.1. The summed E-state index contributed by atoms with van der Waals surface area (Å²) in [5, 5.41) is 0. The molecule has 4 aromatic carbocycles. The molecule has 75 heavy (non-hydrogen) atoms. The molecular weight excluding hydrogens is 963 g/mol. The van der Waals surface area contributed by atoms with Crippen LogP contribution >= 0.6 is 17.2 Å². The first-order valence-electron chi connectivity index (χ1n) is 30.9. The van der Waals surface area contributed by atoms with Crippen molar-refractivity contribution < 1.29 is 27.1 Å². The summed E-state index contributed by atoms with van der Waals surface area (Å²) in [6, 6.07) is 34.4. The van der Waals surface area contributed by atoms with Gasteiger partial charge in [0.05, 0.1) is 13.2 Å². The maximum atomic E-state index is 6.53. The maximum absolute atomic E-state index is 6.53. The lowest BCUT2D eigenvalue weighted by molar-refractivity contribution is 0.257. The average Bonchev–Trinajstić information content (AvgIpc) is 3.44. The lowest BCUT2D eigenvalue weighted by Gasteiger charge is -2.27. The molecule has 2 aliphatic carbocycles. The van der Waals surface area contributed by atoms with Crippen molar-refractivity contribution >= 4 is 17.2 Å². The third-order valence-corrected chi connectivity index (χ3v) is 18.4. The van der Waals surface area contributed by atoms with Gasteiger partial charge in [0, 0.05) is 5.41 Å². The zero-order valence-electron chi connectivity index (χ0n) is 47.7. The van der Waals surface area contributed by atoms with Crippen molar-refractivity contribution in [2.75, 3.05) is 13.2 Å². The third kappa shape index (κ3) is 23.8. The van der Waals surface area contributed by atoms with Crippen LogP contribution in [0.4, 0.5) is 0 Å². The van der Waals surface area contributed by atoms with Crippen LogP contribution in [-0.2, 0) is 14.5 Å². The van der Waals surface area contributed by atoms with Crippen molar-refractivity contribution in [3.63, 3.8) is 0 Å². The second kappa shape index (κ2) is 36.9. The minimum absolute atomic E-state index is 0.268. The second-order valence-corrected chi connectivity index (χ2v) is 24.9. The highest BCUT2D eigenvalue weighted by Gasteiger charge is 2.26. The van der Waals surface area contributed by atoms with Gasteiger partial charge in [0.15, 0.2) is 0 Å². The smallest absolute Gasteiger partial charge is 0.418 e. The molecule has 2 aliphatic rings. The van der Waals surface area contributed by atoms with Crippen LogP contribution in [0.25, 0.3) is 0 Å². The number of rotatable bonds is 40. The van der Waals surface area contributed by atoms with Gasteiger partial charge in [-0.05, 0) is 121 Å². The highest BCUT2D eigenvalue weighted by molar-refractivity contribution is 7.42. The summed E-state index contributed by atoms with van der Waals surface area (Å²) in [4.78, 5) is 0. The fraction of sp³-hybridized carbons (Fsp3) is 0.642. The summed E-state index contributed by atoms with van der Waals surface area (Å²) in [6.45, 7) is 10.4. The quantitative estimate of drug-likeness (QED) is 0.0327. The Balaban J connectivity index is 1.00. The van der Waals surface area contributed by atoms with Crippen molar-refractivity contribution in [2.45, 2.75) is 263 Å². The Morgan fingerprint density at radius 3 is 0.867 bits per heavy atom. The molecule has 2 saturated carbocycles. The Morgan fingerprint density at radius 1 is 0.333 bits per heavy atom. The lowest BCUT2D eigenvalue weighted by Crippen LogP contribution is -2.18. The summed E-state index contributed by atoms with van der Waals surface area (Å²) in [6.07, 6.45) is 44.7. The first-order chi connectivity index (χ1) is 36.9. The standard InChI is InChI=1S/C67H102O6P2/c1-5-7-9-11-13-15-17-19-21-23-25-33-55-68-74(70-63-47-39-59(40-48-63)57-35-29-27-30-36-57)72-65-51-43-61(44-52-65)67(3,4)62-45-53-66(54-46-62)73-75(69-56-34-26-24-22-20-18-16-14-12-10-8-6-2)71-64-49-41-60(42-50-64)58-37-31-28-32-38-58/h39-54,57-58H,5-38,55-56H2,1-4H3. The second-order valence-electron chi connectivity index (χ2n) is 22.7. The van der Waals surface area contributed by atoms with Gasteiger partial charge in [-0.25, -0.2) is 0 Å². The topological polar surface area (TPSA) is 55.4 Å². The van der Waals surface area contributed by atoms with E-state index in [0.29, 0.717) is 25.0 Å². The molecule has 0 aromatic heterocycles. The van der Waals surface area contributed by atoms with E-state index in [1.807, 2.05) is 0 Å². The summed E-state index contributed by atoms with van der Waals surface area (Å²) < 4.78 is 38.9. The zero-order chi connectivity index (χ0) is 52.4. The van der Waals surface area contributed by atoms with Crippen LogP contribution in [0.5, 0.6) is 23.0 Å². The first kappa shape index (κ1) is 61.1. The van der Waals surface area contributed by atoms with E-state index < -0.39 is 17.2 Å². The number of benzene rings is 4. The van der Waals surface area contributed by atoms with Gasteiger partial charge in [-0.2, -0.15) is 0 Å². The Hall–Kier alpha value is -3.14. The predicted molar refractivity (Wildman–Crippen MR) is 320 cm³/mol. The molecule has 4 aromatic rings. The predicted octanol–water partition coefficient (Wildman–Crippen LogP) is 22.9. The molecule has 2 fully saturated rings. The van der Waals surface area contributed by atoms with Crippen LogP contribution < -0.4 is 18.1 Å². The Bertz CT molecular complexity index is 1870. The molecule has 416 valence electrons. The van der Waals surface area contributed by atoms with Crippen molar-refractivity contribution in [2.24, 2.45) is 0 Å². The number of hydrogen-bond donors (Lipinski definition) is 0.